The fourth-order valence-corrected chi connectivity index (χ4v) is 5.17. The number of rotatable bonds is 4. The van der Waals surface area contributed by atoms with Gasteiger partial charge in [0.25, 0.3) is 5.91 Å². The summed E-state index contributed by atoms with van der Waals surface area (Å²) < 4.78 is 7.71. The number of carbonyl (C=O) groups excluding carboxylic acids is 1. The highest BCUT2D eigenvalue weighted by Gasteiger charge is 2.24. The number of aliphatic imine (C=N–C) groups is 1. The van der Waals surface area contributed by atoms with Crippen molar-refractivity contribution in [1.82, 2.24) is 5.32 Å². The number of amidine groups is 1. The van der Waals surface area contributed by atoms with Crippen molar-refractivity contribution in [1.29, 1.82) is 0 Å². The van der Waals surface area contributed by atoms with Crippen LogP contribution < -0.4 is 10.1 Å². The molecule has 4 nitrogen and oxygen atoms in total. The Hall–Kier alpha value is -1.07. The van der Waals surface area contributed by atoms with E-state index in [9.17, 15) is 4.79 Å². The molecule has 2 aromatic rings. The van der Waals surface area contributed by atoms with Crippen molar-refractivity contribution in [3.63, 3.8) is 0 Å². The zero-order valence-corrected chi connectivity index (χ0v) is 18.4. The molecule has 1 aliphatic rings. The van der Waals surface area contributed by atoms with E-state index in [2.05, 4.69) is 55.5 Å². The average Bonchev–Trinajstić information content (AvgIpc) is 2.91. The molecule has 1 aliphatic heterocycles. The zero-order chi connectivity index (χ0) is 17.8. The Morgan fingerprint density at radius 2 is 1.88 bits per heavy atom. The van der Waals surface area contributed by atoms with E-state index in [-0.39, 0.29) is 5.91 Å². The predicted molar refractivity (Wildman–Crippen MR) is 120 cm³/mol. The highest BCUT2D eigenvalue weighted by Crippen LogP contribution is 2.32. The summed E-state index contributed by atoms with van der Waals surface area (Å²) in [6.45, 7) is 2.60. The number of thioether (sulfide) groups is 1. The highest BCUT2D eigenvalue weighted by atomic mass is 127. The van der Waals surface area contributed by atoms with E-state index in [1.807, 2.05) is 55.5 Å². The first-order valence-electron chi connectivity index (χ1n) is 7.53. The first-order chi connectivity index (χ1) is 12.1. The molecule has 25 heavy (non-hydrogen) atoms. The number of nitrogens with zero attached hydrogens (tertiary/aromatic N) is 1. The molecule has 0 spiro atoms. The fourth-order valence-electron chi connectivity index (χ4n) is 2.20. The number of hydrogen-bond acceptors (Lipinski definition) is 4. The second-order valence-corrected chi connectivity index (χ2v) is 8.42. The second kappa shape index (κ2) is 8.54. The van der Waals surface area contributed by atoms with Gasteiger partial charge in [-0.3, -0.25) is 4.79 Å². The van der Waals surface area contributed by atoms with E-state index in [1.54, 1.807) is 0 Å². The number of hydrogen-bond donors (Lipinski definition) is 1. The molecule has 0 unspecified atom stereocenters. The van der Waals surface area contributed by atoms with Crippen LogP contribution in [-0.2, 0) is 4.79 Å². The number of amides is 1. The maximum atomic E-state index is 12.2. The number of halogens is 2. The van der Waals surface area contributed by atoms with Crippen LogP contribution >= 0.6 is 56.9 Å². The quantitative estimate of drug-likeness (QED) is 0.403. The van der Waals surface area contributed by atoms with Gasteiger partial charge in [0, 0.05) is 0 Å². The minimum atomic E-state index is -0.126. The lowest BCUT2D eigenvalue weighted by Gasteiger charge is -2.09. The van der Waals surface area contributed by atoms with Gasteiger partial charge in [-0.15, -0.1) is 0 Å². The van der Waals surface area contributed by atoms with Gasteiger partial charge >= 0.3 is 0 Å². The van der Waals surface area contributed by atoms with Gasteiger partial charge in [-0.1, -0.05) is 18.2 Å². The SMILES string of the molecule is CCOc1c(I)cc(/C=C2\SC(=Nc3ccccc3)NC2=O)cc1I. The number of benzene rings is 2. The van der Waals surface area contributed by atoms with E-state index >= 15 is 0 Å². The molecule has 0 aromatic heterocycles. The Kier molecular flexibility index (Phi) is 6.39. The standard InChI is InChI=1S/C18H14I2N2O2S/c1-2-24-16-13(19)8-11(9-14(16)20)10-15-17(23)22-18(25-15)21-12-6-4-3-5-7-12/h3-10H,2H2,1H3,(H,21,22,23)/b15-10-. The van der Waals surface area contributed by atoms with Crippen molar-refractivity contribution in [2.45, 2.75) is 6.92 Å². The topological polar surface area (TPSA) is 50.7 Å². The van der Waals surface area contributed by atoms with Gasteiger partial charge in [-0.05, 0) is 99.8 Å². The second-order valence-electron chi connectivity index (χ2n) is 5.06. The summed E-state index contributed by atoms with van der Waals surface area (Å²) in [6, 6.07) is 13.6. The maximum Gasteiger partial charge on any atom is 0.264 e. The molecule has 1 amide bonds. The molecule has 0 aliphatic carbocycles. The average molecular weight is 576 g/mol. The molecule has 1 saturated heterocycles. The third-order valence-corrected chi connectivity index (χ3v) is 5.76. The Morgan fingerprint density at radius 1 is 1.20 bits per heavy atom. The summed E-state index contributed by atoms with van der Waals surface area (Å²) in [6.07, 6.45) is 1.88. The van der Waals surface area contributed by atoms with Crippen molar-refractivity contribution >= 4 is 79.8 Å². The largest absolute Gasteiger partial charge is 0.492 e. The summed E-state index contributed by atoms with van der Waals surface area (Å²) in [5.41, 5.74) is 1.78. The Bertz CT molecular complexity index is 844. The lowest BCUT2D eigenvalue weighted by atomic mass is 10.2. The third-order valence-electron chi connectivity index (χ3n) is 3.24. The molecular formula is C18H14I2N2O2S. The van der Waals surface area contributed by atoms with Gasteiger partial charge in [0.15, 0.2) is 5.17 Å². The van der Waals surface area contributed by atoms with Crippen molar-refractivity contribution in [2.24, 2.45) is 4.99 Å². The molecule has 0 atom stereocenters. The lowest BCUT2D eigenvalue weighted by molar-refractivity contribution is -0.115. The first kappa shape index (κ1) is 18.7. The van der Waals surface area contributed by atoms with E-state index in [1.165, 1.54) is 11.8 Å². The summed E-state index contributed by atoms with van der Waals surface area (Å²) in [5, 5.41) is 3.41. The number of nitrogens with one attached hydrogen (secondary N) is 1. The Balaban J connectivity index is 1.85. The number of carbonyl (C=O) groups is 1. The normalized spacial score (nSPS) is 17.2. The van der Waals surface area contributed by atoms with Crippen molar-refractivity contribution < 1.29 is 9.53 Å². The van der Waals surface area contributed by atoms with Crippen LogP contribution in [0.4, 0.5) is 5.69 Å². The van der Waals surface area contributed by atoms with Crippen LogP contribution in [0, 0.1) is 7.14 Å². The smallest absolute Gasteiger partial charge is 0.264 e. The molecule has 128 valence electrons. The Labute approximate surface area is 177 Å². The molecular weight excluding hydrogens is 562 g/mol. The summed E-state index contributed by atoms with van der Waals surface area (Å²) >= 11 is 5.86. The number of para-hydroxylation sites is 1. The molecule has 1 heterocycles. The van der Waals surface area contributed by atoms with Gasteiger partial charge in [-0.25, -0.2) is 4.99 Å². The van der Waals surface area contributed by atoms with Crippen LogP contribution in [0.2, 0.25) is 0 Å². The fraction of sp³-hybridized carbons (Fsp3) is 0.111. The van der Waals surface area contributed by atoms with Crippen molar-refractivity contribution in [3.05, 3.63) is 60.1 Å². The minimum Gasteiger partial charge on any atom is -0.492 e. The lowest BCUT2D eigenvalue weighted by Crippen LogP contribution is -2.19. The molecule has 0 bridgehead atoms. The molecule has 0 radical (unpaired) electrons. The van der Waals surface area contributed by atoms with Crippen LogP contribution in [0.1, 0.15) is 12.5 Å². The molecule has 2 aromatic carbocycles. The van der Waals surface area contributed by atoms with Gasteiger partial charge in [0.05, 0.1) is 24.3 Å². The third kappa shape index (κ3) is 4.76. The predicted octanol–water partition coefficient (Wildman–Crippen LogP) is 5.19. The summed E-state index contributed by atoms with van der Waals surface area (Å²) in [7, 11) is 0. The molecule has 1 fully saturated rings. The maximum absolute atomic E-state index is 12.2. The summed E-state index contributed by atoms with van der Waals surface area (Å²) in [5.74, 6) is 0.763. The molecule has 1 N–H and O–H groups in total. The minimum absolute atomic E-state index is 0.126. The molecule has 3 rings (SSSR count). The number of ether oxygens (including phenoxy) is 1. The summed E-state index contributed by atoms with van der Waals surface area (Å²) in [4.78, 5) is 17.3. The van der Waals surface area contributed by atoms with Crippen LogP contribution in [0.3, 0.4) is 0 Å². The van der Waals surface area contributed by atoms with Crippen molar-refractivity contribution in [3.8, 4) is 5.75 Å². The van der Waals surface area contributed by atoms with Gasteiger partial charge in [0.1, 0.15) is 5.75 Å². The van der Waals surface area contributed by atoms with Crippen LogP contribution in [0.15, 0.2) is 52.4 Å². The Morgan fingerprint density at radius 3 is 2.52 bits per heavy atom. The van der Waals surface area contributed by atoms with E-state index < -0.39 is 0 Å². The van der Waals surface area contributed by atoms with Gasteiger partial charge in [-0.2, -0.15) is 0 Å². The van der Waals surface area contributed by atoms with Crippen LogP contribution in [0.25, 0.3) is 6.08 Å². The van der Waals surface area contributed by atoms with E-state index in [4.69, 9.17) is 4.74 Å². The van der Waals surface area contributed by atoms with Crippen molar-refractivity contribution in [2.75, 3.05) is 6.61 Å². The molecule has 7 heteroatoms. The van der Waals surface area contributed by atoms with Gasteiger partial charge < -0.3 is 10.1 Å². The van der Waals surface area contributed by atoms with Gasteiger partial charge in [0.2, 0.25) is 0 Å². The monoisotopic (exact) mass is 576 g/mol. The van der Waals surface area contributed by atoms with Crippen LogP contribution in [-0.4, -0.2) is 17.7 Å². The highest BCUT2D eigenvalue weighted by molar-refractivity contribution is 14.1. The first-order valence-corrected chi connectivity index (χ1v) is 10.5. The molecule has 0 saturated carbocycles. The zero-order valence-electron chi connectivity index (χ0n) is 13.3. The van der Waals surface area contributed by atoms with Crippen LogP contribution in [0.5, 0.6) is 5.75 Å². The van der Waals surface area contributed by atoms with E-state index in [0.29, 0.717) is 16.7 Å². The van der Waals surface area contributed by atoms with E-state index in [0.717, 1.165) is 24.1 Å².